The van der Waals surface area contributed by atoms with Crippen molar-refractivity contribution in [3.05, 3.63) is 66.0 Å². The number of nitrogens with zero attached hydrogens (tertiary/aromatic N) is 5. The van der Waals surface area contributed by atoms with Gasteiger partial charge in [0.2, 0.25) is 0 Å². The average Bonchev–Trinajstić information content (AvgIpc) is 3.09. The fraction of sp³-hybridized carbons (Fsp3) is 0.381. The summed E-state index contributed by atoms with van der Waals surface area (Å²) in [6.07, 6.45) is 10.1. The van der Waals surface area contributed by atoms with Gasteiger partial charge in [0.05, 0.1) is 12.0 Å². The van der Waals surface area contributed by atoms with Crippen LogP contribution in [0.5, 0.6) is 0 Å². The van der Waals surface area contributed by atoms with Crippen LogP contribution in [0.15, 0.2) is 49.2 Å². The highest BCUT2D eigenvalue weighted by molar-refractivity contribution is 5.56. The van der Waals surface area contributed by atoms with Gasteiger partial charge in [0, 0.05) is 38.7 Å². The SMILES string of the molecule is Cc1cccnc1Nc1cc(C2CCCN(Cc3cn(C)cn3)C2)ccn1. The summed E-state index contributed by atoms with van der Waals surface area (Å²) in [5.41, 5.74) is 3.59. The lowest BCUT2D eigenvalue weighted by Crippen LogP contribution is -2.34. The Morgan fingerprint density at radius 1 is 1.19 bits per heavy atom. The Morgan fingerprint density at radius 2 is 2.11 bits per heavy atom. The maximum Gasteiger partial charge on any atom is 0.134 e. The Labute approximate surface area is 160 Å². The number of aryl methyl sites for hydroxylation is 2. The van der Waals surface area contributed by atoms with Crippen LogP contribution in [-0.4, -0.2) is 37.5 Å². The molecule has 27 heavy (non-hydrogen) atoms. The van der Waals surface area contributed by atoms with Crippen molar-refractivity contribution in [2.45, 2.75) is 32.2 Å². The number of likely N-dealkylation sites (tertiary alicyclic amines) is 1. The minimum absolute atomic E-state index is 0.524. The molecule has 1 unspecified atom stereocenters. The van der Waals surface area contributed by atoms with Crippen molar-refractivity contribution in [2.24, 2.45) is 7.05 Å². The maximum absolute atomic E-state index is 4.48. The second kappa shape index (κ2) is 7.88. The number of rotatable bonds is 5. The Hall–Kier alpha value is -2.73. The van der Waals surface area contributed by atoms with Gasteiger partial charge in [0.1, 0.15) is 11.6 Å². The van der Waals surface area contributed by atoms with E-state index in [1.165, 1.54) is 18.4 Å². The summed E-state index contributed by atoms with van der Waals surface area (Å²) < 4.78 is 2.01. The molecule has 0 bridgehead atoms. The molecule has 0 radical (unpaired) electrons. The first-order chi connectivity index (χ1) is 13.2. The van der Waals surface area contributed by atoms with Crippen LogP contribution in [0.4, 0.5) is 11.6 Å². The van der Waals surface area contributed by atoms with Gasteiger partial charge in [-0.05, 0) is 61.6 Å². The average molecular weight is 362 g/mol. The van der Waals surface area contributed by atoms with Crippen LogP contribution in [0.1, 0.15) is 35.6 Å². The van der Waals surface area contributed by atoms with Gasteiger partial charge in [-0.15, -0.1) is 0 Å². The normalized spacial score (nSPS) is 17.8. The molecular formula is C21H26N6. The monoisotopic (exact) mass is 362 g/mol. The van der Waals surface area contributed by atoms with E-state index in [-0.39, 0.29) is 0 Å². The maximum atomic E-state index is 4.48. The smallest absolute Gasteiger partial charge is 0.134 e. The van der Waals surface area contributed by atoms with Crippen molar-refractivity contribution in [1.82, 2.24) is 24.4 Å². The van der Waals surface area contributed by atoms with E-state index in [2.05, 4.69) is 56.5 Å². The standard InChI is InChI=1S/C21H26N6/c1-16-5-3-8-23-21(16)25-20-11-17(7-9-22-20)18-6-4-10-27(12-18)14-19-13-26(2)15-24-19/h3,5,7-9,11,13,15,18H,4,6,10,12,14H2,1-2H3,(H,22,23,25). The summed E-state index contributed by atoms with van der Waals surface area (Å²) in [6, 6.07) is 8.31. The highest BCUT2D eigenvalue weighted by atomic mass is 15.1. The molecule has 0 saturated carbocycles. The summed E-state index contributed by atoms with van der Waals surface area (Å²) in [6.45, 7) is 5.16. The topological polar surface area (TPSA) is 58.9 Å². The van der Waals surface area contributed by atoms with Crippen molar-refractivity contribution in [3.63, 3.8) is 0 Å². The number of piperidine rings is 1. The summed E-state index contributed by atoms with van der Waals surface area (Å²) in [7, 11) is 2.02. The Morgan fingerprint density at radius 3 is 2.93 bits per heavy atom. The zero-order valence-corrected chi connectivity index (χ0v) is 16.0. The molecule has 1 fully saturated rings. The van der Waals surface area contributed by atoms with Crippen LogP contribution >= 0.6 is 0 Å². The molecule has 0 spiro atoms. The van der Waals surface area contributed by atoms with Gasteiger partial charge in [0.25, 0.3) is 0 Å². The van der Waals surface area contributed by atoms with Crippen molar-refractivity contribution in [3.8, 4) is 0 Å². The summed E-state index contributed by atoms with van der Waals surface area (Å²) in [5, 5.41) is 3.36. The molecule has 1 N–H and O–H groups in total. The first-order valence-electron chi connectivity index (χ1n) is 9.51. The molecule has 6 nitrogen and oxygen atoms in total. The highest BCUT2D eigenvalue weighted by Gasteiger charge is 2.22. The number of hydrogen-bond acceptors (Lipinski definition) is 5. The molecule has 0 amide bonds. The number of aromatic nitrogens is 4. The predicted octanol–water partition coefficient (Wildman–Crippen LogP) is 3.64. The lowest BCUT2D eigenvalue weighted by molar-refractivity contribution is 0.198. The summed E-state index contributed by atoms with van der Waals surface area (Å²) in [5.74, 6) is 2.24. The third kappa shape index (κ3) is 4.34. The predicted molar refractivity (Wildman–Crippen MR) is 107 cm³/mol. The van der Waals surface area contributed by atoms with E-state index in [4.69, 9.17) is 0 Å². The summed E-state index contributed by atoms with van der Waals surface area (Å²) >= 11 is 0. The van der Waals surface area contributed by atoms with Gasteiger partial charge in [-0.1, -0.05) is 6.07 Å². The van der Waals surface area contributed by atoms with E-state index in [1.54, 1.807) is 6.20 Å². The quantitative estimate of drug-likeness (QED) is 0.751. The van der Waals surface area contributed by atoms with Crippen LogP contribution in [-0.2, 0) is 13.6 Å². The molecule has 3 aromatic rings. The van der Waals surface area contributed by atoms with Gasteiger partial charge in [0.15, 0.2) is 0 Å². The molecule has 1 aliphatic rings. The fourth-order valence-electron chi connectivity index (χ4n) is 3.76. The lowest BCUT2D eigenvalue weighted by atomic mass is 9.91. The van der Waals surface area contributed by atoms with Crippen LogP contribution in [0.2, 0.25) is 0 Å². The minimum Gasteiger partial charge on any atom is -0.340 e. The fourth-order valence-corrected chi connectivity index (χ4v) is 3.76. The van der Waals surface area contributed by atoms with Crippen LogP contribution in [0.3, 0.4) is 0 Å². The molecule has 6 heteroatoms. The third-order valence-electron chi connectivity index (χ3n) is 5.16. The van der Waals surface area contributed by atoms with Gasteiger partial charge in [-0.2, -0.15) is 0 Å². The summed E-state index contributed by atoms with van der Waals surface area (Å²) in [4.78, 5) is 15.9. The number of hydrogen-bond donors (Lipinski definition) is 1. The zero-order chi connectivity index (χ0) is 18.6. The molecular weight excluding hydrogens is 336 g/mol. The Bertz CT molecular complexity index is 903. The van der Waals surface area contributed by atoms with E-state index in [9.17, 15) is 0 Å². The van der Waals surface area contributed by atoms with Crippen molar-refractivity contribution in [1.29, 1.82) is 0 Å². The van der Waals surface area contributed by atoms with E-state index in [1.807, 2.05) is 30.2 Å². The number of nitrogens with one attached hydrogen (secondary N) is 1. The van der Waals surface area contributed by atoms with Crippen molar-refractivity contribution < 1.29 is 0 Å². The van der Waals surface area contributed by atoms with E-state index in [0.717, 1.165) is 42.5 Å². The molecule has 1 aliphatic heterocycles. The molecule has 1 saturated heterocycles. The van der Waals surface area contributed by atoms with Gasteiger partial charge >= 0.3 is 0 Å². The van der Waals surface area contributed by atoms with Crippen molar-refractivity contribution >= 4 is 11.6 Å². The van der Waals surface area contributed by atoms with E-state index < -0.39 is 0 Å². The first-order valence-corrected chi connectivity index (χ1v) is 9.51. The number of imidazole rings is 1. The van der Waals surface area contributed by atoms with Crippen molar-refractivity contribution in [2.75, 3.05) is 18.4 Å². The lowest BCUT2D eigenvalue weighted by Gasteiger charge is -2.32. The Kier molecular flexibility index (Phi) is 5.16. The van der Waals surface area contributed by atoms with Gasteiger partial charge < -0.3 is 9.88 Å². The molecule has 3 aromatic heterocycles. The Balaban J connectivity index is 1.45. The molecule has 1 atom stereocenters. The molecule has 0 aliphatic carbocycles. The van der Waals surface area contributed by atoms with Crippen LogP contribution in [0.25, 0.3) is 0 Å². The molecule has 0 aromatic carbocycles. The molecule has 4 rings (SSSR count). The number of pyridine rings is 2. The molecule has 140 valence electrons. The largest absolute Gasteiger partial charge is 0.340 e. The van der Waals surface area contributed by atoms with Crippen LogP contribution in [0, 0.1) is 6.92 Å². The van der Waals surface area contributed by atoms with Gasteiger partial charge in [-0.3, -0.25) is 4.90 Å². The second-order valence-electron chi connectivity index (χ2n) is 7.37. The number of anilines is 2. The van der Waals surface area contributed by atoms with Gasteiger partial charge in [-0.25, -0.2) is 15.0 Å². The zero-order valence-electron chi connectivity index (χ0n) is 16.0. The highest BCUT2D eigenvalue weighted by Crippen LogP contribution is 2.29. The second-order valence-corrected chi connectivity index (χ2v) is 7.37. The first kappa shape index (κ1) is 17.7. The van der Waals surface area contributed by atoms with E-state index >= 15 is 0 Å². The third-order valence-corrected chi connectivity index (χ3v) is 5.16. The molecule has 4 heterocycles. The minimum atomic E-state index is 0.524. The van der Waals surface area contributed by atoms with E-state index in [0.29, 0.717) is 5.92 Å². The van der Waals surface area contributed by atoms with Crippen LogP contribution < -0.4 is 5.32 Å².